The fraction of sp³-hybridized carbons (Fsp3) is 0.609. The normalized spacial score (nSPS) is 16.3. The summed E-state index contributed by atoms with van der Waals surface area (Å²) >= 11 is 0. The van der Waals surface area contributed by atoms with Crippen LogP contribution < -0.4 is 15.8 Å². The van der Waals surface area contributed by atoms with Crippen LogP contribution in [0, 0.1) is 0 Å². The molecule has 1 amide bonds. The highest BCUT2D eigenvalue weighted by Gasteiger charge is 2.24. The minimum absolute atomic E-state index is 0.0911. The van der Waals surface area contributed by atoms with Crippen LogP contribution in [0.5, 0.6) is 5.75 Å². The number of nitrogens with one attached hydrogen (secondary N) is 1. The van der Waals surface area contributed by atoms with Gasteiger partial charge < -0.3 is 14.4 Å². The molecular formula is C23H35N4O4+. The molecule has 1 heterocycles. The predicted octanol–water partition coefficient (Wildman–Crippen LogP) is 2.45. The number of benzene rings is 1. The Balaban J connectivity index is 1.46. The predicted molar refractivity (Wildman–Crippen MR) is 119 cm³/mol. The molecule has 3 rings (SSSR count). The Morgan fingerprint density at radius 3 is 2.77 bits per heavy atom. The molecule has 170 valence electrons. The van der Waals surface area contributed by atoms with Crippen molar-refractivity contribution >= 4 is 23.5 Å². The molecule has 8 nitrogen and oxygen atoms in total. The van der Waals surface area contributed by atoms with Crippen molar-refractivity contribution in [1.29, 1.82) is 0 Å². The van der Waals surface area contributed by atoms with Gasteiger partial charge in [-0.05, 0) is 44.4 Å². The van der Waals surface area contributed by atoms with E-state index in [1.807, 2.05) is 30.1 Å². The van der Waals surface area contributed by atoms with Gasteiger partial charge in [0.05, 0.1) is 19.8 Å². The highest BCUT2D eigenvalue weighted by molar-refractivity contribution is 5.91. The van der Waals surface area contributed by atoms with Crippen LogP contribution in [0.25, 0.3) is 0 Å². The molecule has 0 saturated heterocycles. The lowest BCUT2D eigenvalue weighted by atomic mass is 9.94. The number of hydrogen-bond acceptors (Lipinski definition) is 6. The number of hydrogen-bond donors (Lipinski definition) is 2. The lowest BCUT2D eigenvalue weighted by Crippen LogP contribution is -2.40. The van der Waals surface area contributed by atoms with Crippen LogP contribution in [-0.4, -0.2) is 60.2 Å². The van der Waals surface area contributed by atoms with Crippen LogP contribution in [-0.2, 0) is 20.9 Å². The van der Waals surface area contributed by atoms with Crippen molar-refractivity contribution in [1.82, 2.24) is 4.90 Å². The van der Waals surface area contributed by atoms with Crippen LogP contribution in [0.2, 0.25) is 0 Å². The highest BCUT2D eigenvalue weighted by Crippen LogP contribution is 2.26. The average Bonchev–Trinajstić information content (AvgIpc) is 2.77. The van der Waals surface area contributed by atoms with Crippen molar-refractivity contribution < 1.29 is 23.6 Å². The first-order valence-corrected chi connectivity index (χ1v) is 11.3. The number of fused-ring (bicyclic) bond motifs is 1. The molecule has 1 fully saturated rings. The van der Waals surface area contributed by atoms with Gasteiger partial charge in [0.15, 0.2) is 6.54 Å². The lowest BCUT2D eigenvalue weighted by molar-refractivity contribution is -0.536. The second-order valence-electron chi connectivity index (χ2n) is 8.24. The van der Waals surface area contributed by atoms with Crippen molar-refractivity contribution in [2.75, 3.05) is 32.1 Å². The van der Waals surface area contributed by atoms with Gasteiger partial charge >= 0.3 is 11.9 Å². The summed E-state index contributed by atoms with van der Waals surface area (Å²) in [5.74, 6) is 1.05. The number of nitrogens with zero attached hydrogens (tertiary/aromatic N) is 2. The molecule has 1 aromatic rings. The number of guanidine groups is 1. The van der Waals surface area contributed by atoms with Gasteiger partial charge in [-0.25, -0.2) is 14.7 Å². The lowest BCUT2D eigenvalue weighted by Gasteiger charge is -2.31. The van der Waals surface area contributed by atoms with E-state index in [9.17, 15) is 9.59 Å². The second-order valence-corrected chi connectivity index (χ2v) is 8.24. The summed E-state index contributed by atoms with van der Waals surface area (Å²) in [5, 5.41) is 3.12. The number of ether oxygens (including phenoxy) is 2. The Hall–Kier alpha value is -2.77. The molecule has 1 aromatic carbocycles. The fourth-order valence-electron chi connectivity index (χ4n) is 4.19. The van der Waals surface area contributed by atoms with Crippen molar-refractivity contribution in [3.05, 3.63) is 23.8 Å². The minimum atomic E-state index is -0.314. The quantitative estimate of drug-likeness (QED) is 0.354. The summed E-state index contributed by atoms with van der Waals surface area (Å²) in [6.45, 7) is 3.19. The smallest absolute Gasteiger partial charge is 0.349 e. The molecule has 0 unspecified atom stereocenters. The summed E-state index contributed by atoms with van der Waals surface area (Å²) in [5.41, 5.74) is 7.92. The van der Waals surface area contributed by atoms with E-state index >= 15 is 0 Å². The number of anilines is 1. The van der Waals surface area contributed by atoms with Gasteiger partial charge in [-0.3, -0.25) is 10.5 Å². The third kappa shape index (κ3) is 6.35. The van der Waals surface area contributed by atoms with E-state index in [4.69, 9.17) is 15.2 Å². The Morgan fingerprint density at radius 1 is 1.26 bits per heavy atom. The van der Waals surface area contributed by atoms with Gasteiger partial charge in [0, 0.05) is 25.1 Å². The molecule has 0 radical (unpaired) electrons. The molecule has 31 heavy (non-hydrogen) atoms. The Bertz CT molecular complexity index is 818. The zero-order valence-corrected chi connectivity index (χ0v) is 18.7. The monoisotopic (exact) mass is 431 g/mol. The number of carbonyl (C=O) groups is 2. The number of carbonyl (C=O) groups excluding carboxylic acids is 2. The zero-order chi connectivity index (χ0) is 22.2. The first-order chi connectivity index (χ1) is 15.0. The first-order valence-electron chi connectivity index (χ1n) is 11.3. The van der Waals surface area contributed by atoms with E-state index in [1.165, 1.54) is 19.3 Å². The van der Waals surface area contributed by atoms with E-state index in [1.54, 1.807) is 11.5 Å². The van der Waals surface area contributed by atoms with Gasteiger partial charge in [-0.15, -0.1) is 0 Å². The maximum absolute atomic E-state index is 12.5. The van der Waals surface area contributed by atoms with E-state index in [2.05, 4.69) is 5.32 Å². The molecule has 1 saturated carbocycles. The van der Waals surface area contributed by atoms with Gasteiger partial charge in [-0.2, -0.15) is 0 Å². The highest BCUT2D eigenvalue weighted by atomic mass is 16.5. The van der Waals surface area contributed by atoms with E-state index in [0.29, 0.717) is 44.6 Å². The largest absolute Gasteiger partial charge is 0.494 e. The van der Waals surface area contributed by atoms with Gasteiger partial charge in [0.2, 0.25) is 5.91 Å². The summed E-state index contributed by atoms with van der Waals surface area (Å²) in [7, 11) is 1.93. The van der Waals surface area contributed by atoms with E-state index in [-0.39, 0.29) is 18.4 Å². The molecule has 0 bridgehead atoms. The molecule has 0 aromatic heterocycles. The summed E-state index contributed by atoms with van der Waals surface area (Å²) in [6.07, 6.45) is 7.15. The maximum Gasteiger partial charge on any atom is 0.349 e. The summed E-state index contributed by atoms with van der Waals surface area (Å²) in [6, 6.07) is 6.15. The van der Waals surface area contributed by atoms with Crippen LogP contribution in [0.4, 0.5) is 5.69 Å². The van der Waals surface area contributed by atoms with Crippen LogP contribution in [0.15, 0.2) is 18.2 Å². The molecule has 0 spiro atoms. The maximum atomic E-state index is 12.5. The summed E-state index contributed by atoms with van der Waals surface area (Å²) < 4.78 is 12.6. The van der Waals surface area contributed by atoms with E-state index < -0.39 is 0 Å². The van der Waals surface area contributed by atoms with E-state index in [0.717, 1.165) is 29.8 Å². The van der Waals surface area contributed by atoms with Gasteiger partial charge in [0.1, 0.15) is 11.4 Å². The number of esters is 1. The van der Waals surface area contributed by atoms with Crippen molar-refractivity contribution in [3.8, 4) is 5.75 Å². The number of nitrogens with two attached hydrogens (primary N) is 1. The SMILES string of the molecule is CCOC(=O)C[N+]1=C(N)Nc2ccc(OCCCC(=O)N(C)C3CCCCC3)cc2C1. The van der Waals surface area contributed by atoms with Crippen molar-refractivity contribution in [3.63, 3.8) is 0 Å². The fourth-order valence-corrected chi connectivity index (χ4v) is 4.19. The molecular weight excluding hydrogens is 396 g/mol. The zero-order valence-electron chi connectivity index (χ0n) is 18.7. The number of rotatable bonds is 9. The average molecular weight is 432 g/mol. The minimum Gasteiger partial charge on any atom is -0.494 e. The topological polar surface area (TPSA) is 96.9 Å². The molecule has 8 heteroatoms. The molecule has 0 atom stereocenters. The van der Waals surface area contributed by atoms with Gasteiger partial charge in [-0.1, -0.05) is 19.3 Å². The second kappa shape index (κ2) is 11.0. The van der Waals surface area contributed by atoms with Crippen LogP contribution in [0.3, 0.4) is 0 Å². The standard InChI is InChI=1S/C23H34N4O4/c1-3-30-22(29)16-27-15-17-14-19(11-12-20(17)25-23(27)24)31-13-7-10-21(28)26(2)18-8-5-4-6-9-18/h11-12,14,18H,3-10,13,15-16H2,1-2H3,(H2,24,25)/p+1. The van der Waals surface area contributed by atoms with Crippen LogP contribution >= 0.6 is 0 Å². The Morgan fingerprint density at radius 2 is 2.03 bits per heavy atom. The molecule has 2 aliphatic rings. The molecule has 3 N–H and O–H groups in total. The molecule has 1 aliphatic heterocycles. The van der Waals surface area contributed by atoms with Gasteiger partial charge in [0.25, 0.3) is 0 Å². The third-order valence-corrected chi connectivity index (χ3v) is 5.99. The Labute approximate surface area is 184 Å². The van der Waals surface area contributed by atoms with Crippen molar-refractivity contribution in [2.45, 2.75) is 64.5 Å². The summed E-state index contributed by atoms with van der Waals surface area (Å²) in [4.78, 5) is 26.2. The number of amides is 1. The first kappa shape index (κ1) is 22.9. The third-order valence-electron chi connectivity index (χ3n) is 5.99. The van der Waals surface area contributed by atoms with Crippen LogP contribution in [0.1, 0.15) is 57.4 Å². The Kier molecular flexibility index (Phi) is 8.14. The molecule has 1 aliphatic carbocycles. The van der Waals surface area contributed by atoms with Crippen molar-refractivity contribution in [2.24, 2.45) is 5.73 Å².